The Hall–Kier alpha value is -1.65. The standard InChI is InChI=1S/C18H26O5/c1-10(2)11(3)15-13-9-18(16(20)22-4,17(21)23-5)7-6-12(13)8-14(15)19/h10,12-13,15H,3,6-9H2,1-2,4-5H3/t12-,13-,15+/m1/s1. The second-order valence-corrected chi connectivity index (χ2v) is 7.11. The van der Waals surface area contributed by atoms with E-state index < -0.39 is 17.4 Å². The lowest BCUT2D eigenvalue weighted by atomic mass is 9.63. The van der Waals surface area contributed by atoms with E-state index in [-0.39, 0.29) is 29.5 Å². The van der Waals surface area contributed by atoms with E-state index in [1.54, 1.807) is 0 Å². The molecule has 0 aromatic heterocycles. The monoisotopic (exact) mass is 322 g/mol. The molecule has 2 fully saturated rings. The summed E-state index contributed by atoms with van der Waals surface area (Å²) in [5, 5.41) is 0. The molecule has 3 atom stereocenters. The van der Waals surface area contributed by atoms with Gasteiger partial charge in [0.05, 0.1) is 14.2 Å². The number of ketones is 1. The van der Waals surface area contributed by atoms with Gasteiger partial charge in [-0.25, -0.2) is 0 Å². The first kappa shape index (κ1) is 17.7. The Labute approximate surface area is 137 Å². The molecule has 2 rings (SSSR count). The number of rotatable bonds is 4. The lowest BCUT2D eigenvalue weighted by Crippen LogP contribution is -2.47. The fourth-order valence-corrected chi connectivity index (χ4v) is 4.27. The van der Waals surface area contributed by atoms with Crippen molar-refractivity contribution in [2.24, 2.45) is 29.1 Å². The van der Waals surface area contributed by atoms with E-state index in [0.29, 0.717) is 25.7 Å². The lowest BCUT2D eigenvalue weighted by molar-refractivity contribution is -0.174. The van der Waals surface area contributed by atoms with Crippen LogP contribution in [0.25, 0.3) is 0 Å². The zero-order valence-electron chi connectivity index (χ0n) is 14.4. The normalized spacial score (nSPS) is 29.1. The van der Waals surface area contributed by atoms with Gasteiger partial charge in [0.15, 0.2) is 5.41 Å². The minimum absolute atomic E-state index is 0.0376. The van der Waals surface area contributed by atoms with Crippen molar-refractivity contribution in [3.63, 3.8) is 0 Å². The molecule has 0 radical (unpaired) electrons. The van der Waals surface area contributed by atoms with Gasteiger partial charge in [0.2, 0.25) is 0 Å². The van der Waals surface area contributed by atoms with Gasteiger partial charge in [0.25, 0.3) is 0 Å². The number of carbonyl (C=O) groups excluding carboxylic acids is 3. The zero-order chi connectivity index (χ0) is 17.4. The van der Waals surface area contributed by atoms with Crippen molar-refractivity contribution < 1.29 is 23.9 Å². The summed E-state index contributed by atoms with van der Waals surface area (Å²) in [6, 6.07) is 0. The maximum atomic E-state index is 12.5. The molecule has 0 aromatic carbocycles. The molecule has 0 saturated heterocycles. The Kier molecular flexibility index (Phi) is 4.97. The highest BCUT2D eigenvalue weighted by atomic mass is 16.5. The summed E-state index contributed by atoms with van der Waals surface area (Å²) < 4.78 is 9.77. The number of Topliss-reactive ketones (excluding diaryl/α,β-unsaturated/α-hetero) is 1. The van der Waals surface area contributed by atoms with Crippen LogP contribution in [-0.2, 0) is 23.9 Å². The van der Waals surface area contributed by atoms with Crippen molar-refractivity contribution in [1.29, 1.82) is 0 Å². The Balaban J connectivity index is 2.37. The maximum Gasteiger partial charge on any atom is 0.323 e. The first-order valence-corrected chi connectivity index (χ1v) is 8.16. The second kappa shape index (κ2) is 6.46. The fourth-order valence-electron chi connectivity index (χ4n) is 4.27. The minimum atomic E-state index is -1.29. The van der Waals surface area contributed by atoms with E-state index in [1.165, 1.54) is 14.2 Å². The quantitative estimate of drug-likeness (QED) is 0.452. The maximum absolute atomic E-state index is 12.5. The summed E-state index contributed by atoms with van der Waals surface area (Å²) in [5.74, 6) is -0.838. The summed E-state index contributed by atoms with van der Waals surface area (Å²) >= 11 is 0. The van der Waals surface area contributed by atoms with Crippen molar-refractivity contribution >= 4 is 17.7 Å². The second-order valence-electron chi connectivity index (χ2n) is 7.11. The van der Waals surface area contributed by atoms with Gasteiger partial charge in [-0.1, -0.05) is 26.0 Å². The van der Waals surface area contributed by atoms with Crippen molar-refractivity contribution in [2.75, 3.05) is 14.2 Å². The Morgan fingerprint density at radius 1 is 1.22 bits per heavy atom. The Bertz CT molecular complexity index is 518. The molecule has 5 heteroatoms. The van der Waals surface area contributed by atoms with Gasteiger partial charge in [-0.3, -0.25) is 14.4 Å². The lowest BCUT2D eigenvalue weighted by Gasteiger charge is -2.40. The van der Waals surface area contributed by atoms with Gasteiger partial charge in [-0.05, 0) is 37.0 Å². The topological polar surface area (TPSA) is 69.7 Å². The first-order valence-electron chi connectivity index (χ1n) is 8.16. The molecule has 0 unspecified atom stereocenters. The van der Waals surface area contributed by atoms with Crippen LogP contribution in [0, 0.1) is 29.1 Å². The van der Waals surface area contributed by atoms with Crippen LogP contribution in [-0.4, -0.2) is 31.9 Å². The molecule has 0 spiro atoms. The molecular weight excluding hydrogens is 296 g/mol. The van der Waals surface area contributed by atoms with Crippen molar-refractivity contribution in [3.05, 3.63) is 12.2 Å². The minimum Gasteiger partial charge on any atom is -0.468 e. The molecule has 5 nitrogen and oxygen atoms in total. The predicted molar refractivity (Wildman–Crippen MR) is 84.4 cm³/mol. The van der Waals surface area contributed by atoms with Crippen LogP contribution in [0.4, 0.5) is 0 Å². The van der Waals surface area contributed by atoms with Crippen molar-refractivity contribution in [3.8, 4) is 0 Å². The number of hydrogen-bond acceptors (Lipinski definition) is 5. The molecule has 128 valence electrons. The molecular formula is C18H26O5. The average Bonchev–Trinajstić information content (AvgIpc) is 2.86. The fraction of sp³-hybridized carbons (Fsp3) is 0.722. The van der Waals surface area contributed by atoms with Crippen molar-refractivity contribution in [1.82, 2.24) is 0 Å². The summed E-state index contributed by atoms with van der Waals surface area (Å²) in [6.45, 7) is 8.13. The molecule has 2 aliphatic rings. The molecule has 0 heterocycles. The van der Waals surface area contributed by atoms with Gasteiger partial charge >= 0.3 is 11.9 Å². The highest BCUT2D eigenvalue weighted by Crippen LogP contribution is 2.53. The van der Waals surface area contributed by atoms with Gasteiger partial charge in [-0.15, -0.1) is 0 Å². The third kappa shape index (κ3) is 2.81. The van der Waals surface area contributed by atoms with Gasteiger partial charge in [0.1, 0.15) is 5.78 Å². The number of carbonyl (C=O) groups is 3. The highest BCUT2D eigenvalue weighted by Gasteiger charge is 2.58. The number of methoxy groups -OCH3 is 2. The van der Waals surface area contributed by atoms with E-state index in [1.807, 2.05) is 13.8 Å². The van der Waals surface area contributed by atoms with Gasteiger partial charge in [0, 0.05) is 12.3 Å². The molecule has 0 aromatic rings. The number of allylic oxidation sites excluding steroid dienone is 1. The SMILES string of the molecule is C=C(C(C)C)[C@@H]1C(=O)C[C@H]2CCC(C(=O)OC)(C(=O)OC)C[C@H]21. The molecule has 0 aliphatic heterocycles. The Morgan fingerprint density at radius 2 is 1.78 bits per heavy atom. The summed E-state index contributed by atoms with van der Waals surface area (Å²) in [5.41, 5.74) is -0.391. The third-order valence-corrected chi connectivity index (χ3v) is 5.66. The highest BCUT2D eigenvalue weighted by molar-refractivity contribution is 6.00. The van der Waals surface area contributed by atoms with Crippen LogP contribution >= 0.6 is 0 Å². The smallest absolute Gasteiger partial charge is 0.323 e. The number of esters is 2. The van der Waals surface area contributed by atoms with E-state index in [9.17, 15) is 14.4 Å². The van der Waals surface area contributed by atoms with E-state index >= 15 is 0 Å². The van der Waals surface area contributed by atoms with Crippen LogP contribution in [0.1, 0.15) is 39.5 Å². The number of hydrogen-bond donors (Lipinski definition) is 0. The van der Waals surface area contributed by atoms with E-state index in [4.69, 9.17) is 9.47 Å². The van der Waals surface area contributed by atoms with E-state index in [0.717, 1.165) is 5.57 Å². The summed E-state index contributed by atoms with van der Waals surface area (Å²) in [6.07, 6.45) is 1.85. The number of fused-ring (bicyclic) bond motifs is 1. The third-order valence-electron chi connectivity index (χ3n) is 5.66. The van der Waals surface area contributed by atoms with Crippen LogP contribution in [0.2, 0.25) is 0 Å². The molecule has 2 aliphatic carbocycles. The largest absolute Gasteiger partial charge is 0.468 e. The van der Waals surface area contributed by atoms with Gasteiger partial charge in [-0.2, -0.15) is 0 Å². The zero-order valence-corrected chi connectivity index (χ0v) is 14.4. The Morgan fingerprint density at radius 3 is 2.26 bits per heavy atom. The number of ether oxygens (including phenoxy) is 2. The summed E-state index contributed by atoms with van der Waals surface area (Å²) in [7, 11) is 2.56. The molecule has 23 heavy (non-hydrogen) atoms. The molecule has 2 saturated carbocycles. The molecule has 0 N–H and O–H groups in total. The summed E-state index contributed by atoms with van der Waals surface area (Å²) in [4.78, 5) is 37.2. The van der Waals surface area contributed by atoms with Gasteiger partial charge < -0.3 is 9.47 Å². The molecule has 0 bridgehead atoms. The van der Waals surface area contributed by atoms with Crippen LogP contribution < -0.4 is 0 Å². The molecule has 0 amide bonds. The predicted octanol–water partition coefficient (Wildman–Crippen LogP) is 2.54. The van der Waals surface area contributed by atoms with Crippen LogP contribution in [0.15, 0.2) is 12.2 Å². The van der Waals surface area contributed by atoms with E-state index in [2.05, 4.69) is 6.58 Å². The van der Waals surface area contributed by atoms with Crippen molar-refractivity contribution in [2.45, 2.75) is 39.5 Å². The average molecular weight is 322 g/mol. The van der Waals surface area contributed by atoms with Crippen LogP contribution in [0.5, 0.6) is 0 Å². The van der Waals surface area contributed by atoms with Crippen LogP contribution in [0.3, 0.4) is 0 Å². The first-order chi connectivity index (χ1) is 10.8.